The summed E-state index contributed by atoms with van der Waals surface area (Å²) in [6.45, 7) is 3.90. The van der Waals surface area contributed by atoms with Crippen LogP contribution in [-0.2, 0) is 14.3 Å². The summed E-state index contributed by atoms with van der Waals surface area (Å²) in [6.07, 6.45) is 21.0. The van der Waals surface area contributed by atoms with E-state index in [1.165, 1.54) is 22.3 Å². The van der Waals surface area contributed by atoms with Crippen molar-refractivity contribution >= 4 is 161 Å². The third-order valence-corrected chi connectivity index (χ3v) is 14.6. The van der Waals surface area contributed by atoms with Crippen LogP contribution in [0.2, 0.25) is 0 Å². The second-order valence-electron chi connectivity index (χ2n) is 20.8. The van der Waals surface area contributed by atoms with Crippen LogP contribution in [0.4, 0.5) is 34.9 Å². The fourth-order valence-corrected chi connectivity index (χ4v) is 10.0. The molecule has 7 aromatic heterocycles. The zero-order valence-corrected chi connectivity index (χ0v) is 68.2. The van der Waals surface area contributed by atoms with Gasteiger partial charge < -0.3 is 19.9 Å². The maximum absolute atomic E-state index is 11.5. The molecule has 11 aromatic rings. The number of carbonyl (C=O) groups is 2. The van der Waals surface area contributed by atoms with Crippen LogP contribution in [0.15, 0.2) is 272 Å². The van der Waals surface area contributed by atoms with Crippen molar-refractivity contribution in [2.45, 2.75) is 71.1 Å². The predicted octanol–water partition coefficient (Wildman–Crippen LogP) is 19.1. The van der Waals surface area contributed by atoms with Crippen LogP contribution >= 0.6 is 114 Å². The number of pyridine rings is 7. The Bertz CT molecular complexity index is 3880. The van der Waals surface area contributed by atoms with Gasteiger partial charge in [0, 0.05) is 107 Å². The number of hydrogen-bond acceptors (Lipinski definition) is 14. The molecule has 11 rings (SSSR count). The number of amides is 1. The Balaban J connectivity index is 0.000000236. The number of esters is 1. The maximum Gasteiger partial charge on any atom is 0.243 e. The van der Waals surface area contributed by atoms with E-state index < -0.39 is 0 Å². The summed E-state index contributed by atoms with van der Waals surface area (Å²) >= 11 is 12.9. The van der Waals surface area contributed by atoms with Gasteiger partial charge in [-0.25, -0.2) is 40.4 Å². The molecule has 0 radical (unpaired) electrons. The van der Waals surface area contributed by atoms with E-state index in [0.717, 1.165) is 126 Å². The summed E-state index contributed by atoms with van der Waals surface area (Å²) in [5, 5.41) is 11.7. The van der Waals surface area contributed by atoms with Gasteiger partial charge in [-0.3, -0.25) is 14.8 Å². The van der Waals surface area contributed by atoms with Gasteiger partial charge in [-0.05, 0) is 178 Å². The van der Waals surface area contributed by atoms with E-state index in [-0.39, 0.29) is 35.9 Å². The van der Waals surface area contributed by atoms with Crippen molar-refractivity contribution in [2.75, 3.05) is 34.8 Å². The minimum Gasteiger partial charge on any atom is -0.325 e. The first kappa shape index (κ1) is 81.8. The van der Waals surface area contributed by atoms with E-state index in [2.05, 4.69) is 201 Å². The number of hydroxylamine groups is 1. The van der Waals surface area contributed by atoms with Gasteiger partial charge in [-0.2, -0.15) is 0 Å². The second-order valence-corrected chi connectivity index (χ2v) is 37.9. The summed E-state index contributed by atoms with van der Waals surface area (Å²) in [5.41, 5.74) is 10.9. The number of nitrogens with one attached hydrogen (secondary N) is 2. The molecule has 0 unspecified atom stereocenters. The molecule has 0 aliphatic rings. The molecule has 0 spiro atoms. The smallest absolute Gasteiger partial charge is 0.243 e. The van der Waals surface area contributed by atoms with E-state index in [0.29, 0.717) is 32.7 Å². The number of anilines is 6. The molecule has 506 valence electrons. The Labute approximate surface area is 649 Å². The molecule has 0 fully saturated rings. The van der Waals surface area contributed by atoms with Crippen molar-refractivity contribution in [1.82, 2.24) is 40.4 Å². The van der Waals surface area contributed by atoms with Gasteiger partial charge >= 0.3 is 56.5 Å². The number of benzene rings is 4. The Morgan fingerprint density at radius 1 is 0.423 bits per heavy atom. The molecule has 97 heavy (non-hydrogen) atoms. The number of aromatic nitrogens is 7. The minimum absolute atomic E-state index is 0. The fraction of sp³-hybridized carbons (Fsp3) is 0.187. The van der Waals surface area contributed by atoms with E-state index in [9.17, 15) is 9.59 Å². The van der Waals surface area contributed by atoms with Crippen molar-refractivity contribution in [3.8, 4) is 44.5 Å². The molecule has 4 aromatic carbocycles. The molecular formula is C75H77BrI6N11O4-. The first-order valence-corrected chi connectivity index (χ1v) is 50.8. The molecule has 0 bridgehead atoms. The summed E-state index contributed by atoms with van der Waals surface area (Å²) in [7, 11) is 0. The fourth-order valence-electron chi connectivity index (χ4n) is 9.65. The summed E-state index contributed by atoms with van der Waals surface area (Å²) < 4.78 is 5.86. The Morgan fingerprint density at radius 3 is 1.19 bits per heavy atom. The quantitative estimate of drug-likeness (QED) is 0.0123. The van der Waals surface area contributed by atoms with E-state index in [4.69, 9.17) is 9.94 Å². The van der Waals surface area contributed by atoms with Gasteiger partial charge in [0.2, 0.25) is 5.91 Å². The molecular weight excluding hydrogens is 1960 g/mol. The molecule has 0 aliphatic carbocycles. The van der Waals surface area contributed by atoms with E-state index in [1.54, 1.807) is 30.3 Å². The summed E-state index contributed by atoms with van der Waals surface area (Å²) in [4.78, 5) is 57.7. The largest absolute Gasteiger partial charge is 0.325 e. The predicted molar refractivity (Wildman–Crippen MR) is 441 cm³/mol. The van der Waals surface area contributed by atoms with Crippen molar-refractivity contribution < 1.29 is 32.8 Å². The van der Waals surface area contributed by atoms with Gasteiger partial charge in [-0.15, -0.1) is 24.0 Å². The van der Waals surface area contributed by atoms with Crippen molar-refractivity contribution in [3.05, 3.63) is 272 Å². The number of nitrogens with zero attached hydrogens (tertiary/aromatic N) is 9. The standard InChI is InChI=1S/C25H29N3O2.C23H26N4O2.C16H13N3.C11H8BrN.I3.I2.HI/c1-2-30-25(29)15-8-3-4-11-19-28(23-14-9-10-17-26-23)24-20-22(16-18-27-24)21-12-6-5-7-13-21;28-23(26-29)13-6-1-2-9-17-27(21-12-7-8-15-24-21)22-18-20(14-16-25-22)19-10-4-3-5-11-19;1-2-6-13(7-3-1)14-9-11-18-16(12-14)19-15-8-4-5-10-17-15;12-11-8-10(6-7-13-11)9-4-2-1-3-5-9;1-3-2;1-2;/h5-7,9-10,12-14,16-18,20H,2-4,8,11,15,19H2,1H3;3-5,7-8,10-12,14-16,18,29H,1-2,6,9,13,17H2,(H,26,28);1-12H,(H,17,18,19);1-8H;;;1H/q;;;;-1;;. The molecule has 22 heteroatoms. The molecule has 0 saturated carbocycles. The van der Waals surface area contributed by atoms with Crippen LogP contribution in [0.1, 0.15) is 71.1 Å². The number of unbranched alkanes of at least 4 members (excludes halogenated alkanes) is 6. The number of ether oxygens (including phenoxy) is 1. The first-order chi connectivity index (χ1) is 47.2. The molecule has 3 N–H and O–H groups in total. The third-order valence-electron chi connectivity index (χ3n) is 14.2. The molecule has 0 atom stereocenters. The van der Waals surface area contributed by atoms with E-state index >= 15 is 0 Å². The number of hydrogen-bond donors (Lipinski definition) is 3. The van der Waals surface area contributed by atoms with Crippen LogP contribution in [0.3, 0.4) is 0 Å². The van der Waals surface area contributed by atoms with Crippen molar-refractivity contribution in [2.24, 2.45) is 0 Å². The summed E-state index contributed by atoms with van der Waals surface area (Å²) in [6, 6.07) is 74.9. The Morgan fingerprint density at radius 2 is 0.784 bits per heavy atom. The Kier molecular flexibility index (Phi) is 42.5. The van der Waals surface area contributed by atoms with Gasteiger partial charge in [0.25, 0.3) is 0 Å². The normalized spacial score (nSPS) is 10.0. The van der Waals surface area contributed by atoms with E-state index in [1.807, 2.05) is 189 Å². The number of halogens is 7. The molecule has 7 heterocycles. The molecule has 1 amide bonds. The van der Waals surface area contributed by atoms with Gasteiger partial charge in [0.1, 0.15) is 39.5 Å². The van der Waals surface area contributed by atoms with Crippen molar-refractivity contribution in [1.29, 1.82) is 0 Å². The van der Waals surface area contributed by atoms with Crippen LogP contribution in [-0.4, -0.2) is 71.7 Å². The van der Waals surface area contributed by atoms with Crippen LogP contribution < -0.4 is 33.9 Å². The van der Waals surface area contributed by atoms with Crippen LogP contribution in [0.5, 0.6) is 0 Å². The van der Waals surface area contributed by atoms with Crippen LogP contribution in [0, 0.1) is 0 Å². The minimum atomic E-state index is -0.331. The molecule has 0 saturated heterocycles. The van der Waals surface area contributed by atoms with Gasteiger partial charge in [0.05, 0.1) is 6.61 Å². The van der Waals surface area contributed by atoms with Gasteiger partial charge in [0.15, 0.2) is 0 Å². The van der Waals surface area contributed by atoms with Crippen molar-refractivity contribution in [3.63, 3.8) is 0 Å². The maximum atomic E-state index is 11.5. The summed E-state index contributed by atoms with van der Waals surface area (Å²) in [5.74, 6) is 4.66. The topological polar surface area (TPSA) is 184 Å². The average Bonchev–Trinajstić information content (AvgIpc) is 1.12. The molecule has 15 nitrogen and oxygen atoms in total. The average molecular weight is 2040 g/mol. The first-order valence-electron chi connectivity index (χ1n) is 31.1. The zero-order chi connectivity index (χ0) is 68.1. The number of rotatable bonds is 25. The monoisotopic (exact) mass is 2040 g/mol. The SMILES string of the molecule is Brc1cc(-c2ccccc2)ccn1.CCOC(=O)CCCCCCN(c1ccccn1)c1cc(-c2ccccc2)ccn1.I.II.I[I-]I.O=C(CCCCCCN(c1ccccn1)c1cc(-c2ccccc2)ccn1)NO.c1ccc(-c2ccnc(Nc3ccccn3)c2)cc1. The second kappa shape index (κ2) is 50.4. The molecule has 0 aliphatic heterocycles. The number of carbonyl (C=O) groups excluding carboxylic acids is 2. The van der Waals surface area contributed by atoms with Crippen LogP contribution in [0.25, 0.3) is 44.5 Å². The third kappa shape index (κ3) is 31.5. The van der Waals surface area contributed by atoms with Gasteiger partial charge in [-0.1, -0.05) is 165 Å². The Hall–Kier alpha value is -5.91. The zero-order valence-electron chi connectivity index (χ0n) is 53.5.